The zero-order valence-electron chi connectivity index (χ0n) is 10.3. The Morgan fingerprint density at radius 3 is 2.74 bits per heavy atom. The number of nitrogens with one attached hydrogen (secondary N) is 1. The minimum absolute atomic E-state index is 0.0834. The number of nitrogens with zero attached hydrogens (tertiary/aromatic N) is 1. The van der Waals surface area contributed by atoms with Crippen LogP contribution in [0.3, 0.4) is 0 Å². The van der Waals surface area contributed by atoms with E-state index in [9.17, 15) is 14.0 Å². The predicted molar refractivity (Wildman–Crippen MR) is 68.5 cm³/mol. The summed E-state index contributed by atoms with van der Waals surface area (Å²) in [6.07, 6.45) is 5.11. The fourth-order valence-electron chi connectivity index (χ4n) is 1.48. The monoisotopic (exact) mass is 264 g/mol. The summed E-state index contributed by atoms with van der Waals surface area (Å²) < 4.78 is 13.4. The fourth-order valence-corrected chi connectivity index (χ4v) is 1.48. The van der Waals surface area contributed by atoms with Crippen LogP contribution in [0.4, 0.5) is 14.9 Å². The third-order valence-corrected chi connectivity index (χ3v) is 2.42. The first-order valence-electron chi connectivity index (χ1n) is 5.52. The molecule has 1 aromatic carbocycles. The number of carbonyl (C=O) groups excluding carboxylic acids is 1. The van der Waals surface area contributed by atoms with E-state index in [1.807, 2.05) is 0 Å². The summed E-state index contributed by atoms with van der Waals surface area (Å²) in [7, 11) is 0. The first-order chi connectivity index (χ1) is 9.01. The maximum absolute atomic E-state index is 13.4. The molecular weight excluding hydrogens is 251 g/mol. The van der Waals surface area contributed by atoms with Gasteiger partial charge in [0.25, 0.3) is 0 Å². The molecule has 0 fully saturated rings. The van der Waals surface area contributed by atoms with E-state index in [0.29, 0.717) is 6.54 Å². The third-order valence-electron chi connectivity index (χ3n) is 2.42. The summed E-state index contributed by atoms with van der Waals surface area (Å²) >= 11 is 0. The molecule has 2 N–H and O–H groups in total. The number of hydrogen-bond donors (Lipinski definition) is 2. The first-order valence-corrected chi connectivity index (χ1v) is 5.52. The topological polar surface area (TPSA) is 69.6 Å². The van der Waals surface area contributed by atoms with E-state index in [2.05, 4.69) is 11.2 Å². The molecule has 19 heavy (non-hydrogen) atoms. The van der Waals surface area contributed by atoms with Gasteiger partial charge in [-0.05, 0) is 19.1 Å². The second-order valence-corrected chi connectivity index (χ2v) is 3.62. The molecule has 1 aromatic rings. The molecule has 100 valence electrons. The highest BCUT2D eigenvalue weighted by molar-refractivity contribution is 6.00. The largest absolute Gasteiger partial charge is 0.478 e. The third kappa shape index (κ3) is 3.45. The van der Waals surface area contributed by atoms with Crippen molar-refractivity contribution in [1.29, 1.82) is 0 Å². The van der Waals surface area contributed by atoms with Gasteiger partial charge >= 0.3 is 12.0 Å². The van der Waals surface area contributed by atoms with Gasteiger partial charge in [0.1, 0.15) is 11.4 Å². The lowest BCUT2D eigenvalue weighted by atomic mass is 10.1. The molecule has 0 heterocycles. The van der Waals surface area contributed by atoms with Crippen LogP contribution in [0.2, 0.25) is 0 Å². The zero-order chi connectivity index (χ0) is 14.4. The van der Waals surface area contributed by atoms with Crippen molar-refractivity contribution < 1.29 is 19.1 Å². The average molecular weight is 264 g/mol. The van der Waals surface area contributed by atoms with Crippen molar-refractivity contribution in [2.24, 2.45) is 0 Å². The molecule has 1 rings (SSSR count). The van der Waals surface area contributed by atoms with Crippen molar-refractivity contribution in [2.75, 3.05) is 18.4 Å². The molecule has 5 nitrogen and oxygen atoms in total. The standard InChI is InChI=1S/C13H13FN2O3/c1-3-8-16(4-2)13(19)15-10-7-5-6-9(14)11(10)12(17)18/h1,5-7H,4,8H2,2H3,(H,15,19)(H,17,18). The Morgan fingerprint density at radius 1 is 1.53 bits per heavy atom. The zero-order valence-corrected chi connectivity index (χ0v) is 10.3. The Morgan fingerprint density at radius 2 is 2.21 bits per heavy atom. The van der Waals surface area contributed by atoms with Crippen LogP contribution in [-0.4, -0.2) is 35.1 Å². The van der Waals surface area contributed by atoms with Crippen LogP contribution in [0.25, 0.3) is 0 Å². The van der Waals surface area contributed by atoms with Gasteiger partial charge in [-0.2, -0.15) is 0 Å². The van der Waals surface area contributed by atoms with Crippen LogP contribution in [-0.2, 0) is 0 Å². The van der Waals surface area contributed by atoms with E-state index in [4.69, 9.17) is 11.5 Å². The number of rotatable bonds is 4. The number of aromatic carboxylic acids is 1. The lowest BCUT2D eigenvalue weighted by molar-refractivity contribution is 0.0693. The number of carboxylic acid groups (broad SMARTS) is 1. The molecule has 2 amide bonds. The van der Waals surface area contributed by atoms with Crippen LogP contribution in [0, 0.1) is 18.2 Å². The molecule has 0 aliphatic rings. The van der Waals surface area contributed by atoms with Crippen molar-refractivity contribution in [3.8, 4) is 12.3 Å². The van der Waals surface area contributed by atoms with Gasteiger partial charge in [0, 0.05) is 6.54 Å². The van der Waals surface area contributed by atoms with Gasteiger partial charge in [0.05, 0.1) is 12.2 Å². The number of benzene rings is 1. The van der Waals surface area contributed by atoms with Crippen molar-refractivity contribution in [3.63, 3.8) is 0 Å². The summed E-state index contributed by atoms with van der Waals surface area (Å²) in [4.78, 5) is 24.1. The molecule has 0 radical (unpaired) electrons. The van der Waals surface area contributed by atoms with Crippen LogP contribution in [0.15, 0.2) is 18.2 Å². The van der Waals surface area contributed by atoms with E-state index < -0.39 is 23.4 Å². The van der Waals surface area contributed by atoms with E-state index in [1.54, 1.807) is 6.92 Å². The first kappa shape index (κ1) is 14.5. The smallest absolute Gasteiger partial charge is 0.340 e. The molecule has 0 bridgehead atoms. The summed E-state index contributed by atoms with van der Waals surface area (Å²) in [6.45, 7) is 2.16. The number of hydrogen-bond acceptors (Lipinski definition) is 2. The Bertz CT molecular complexity index is 537. The molecule has 0 spiro atoms. The van der Waals surface area contributed by atoms with Crippen molar-refractivity contribution in [3.05, 3.63) is 29.6 Å². The Labute approximate surface area is 110 Å². The minimum Gasteiger partial charge on any atom is -0.478 e. The second-order valence-electron chi connectivity index (χ2n) is 3.62. The number of terminal acetylenes is 1. The quantitative estimate of drug-likeness (QED) is 0.817. The highest BCUT2D eigenvalue weighted by Crippen LogP contribution is 2.19. The van der Waals surface area contributed by atoms with Crippen molar-refractivity contribution in [2.45, 2.75) is 6.92 Å². The second kappa shape index (κ2) is 6.40. The number of carboxylic acids is 1. The highest BCUT2D eigenvalue weighted by Gasteiger charge is 2.19. The number of halogens is 1. The van der Waals surface area contributed by atoms with Gasteiger partial charge in [-0.15, -0.1) is 6.42 Å². The Balaban J connectivity index is 3.00. The minimum atomic E-state index is -1.45. The number of carbonyl (C=O) groups is 2. The van der Waals surface area contributed by atoms with E-state index >= 15 is 0 Å². The van der Waals surface area contributed by atoms with Crippen LogP contribution in [0.5, 0.6) is 0 Å². The Hall–Kier alpha value is -2.55. The maximum atomic E-state index is 13.4. The highest BCUT2D eigenvalue weighted by atomic mass is 19.1. The molecule has 0 aliphatic carbocycles. The van der Waals surface area contributed by atoms with Gasteiger partial charge < -0.3 is 15.3 Å². The summed E-state index contributed by atoms with van der Waals surface area (Å²) in [6, 6.07) is 3.06. The molecule has 0 saturated carbocycles. The van der Waals surface area contributed by atoms with Gasteiger partial charge in [0.2, 0.25) is 0 Å². The van der Waals surface area contributed by atoms with Crippen LogP contribution < -0.4 is 5.32 Å². The fraction of sp³-hybridized carbons (Fsp3) is 0.231. The maximum Gasteiger partial charge on any atom is 0.340 e. The molecule has 0 aromatic heterocycles. The van der Waals surface area contributed by atoms with Crippen LogP contribution in [0.1, 0.15) is 17.3 Å². The van der Waals surface area contributed by atoms with Crippen molar-refractivity contribution in [1.82, 2.24) is 4.90 Å². The molecule has 0 unspecified atom stereocenters. The summed E-state index contributed by atoms with van der Waals surface area (Å²) in [5, 5.41) is 11.3. The van der Waals surface area contributed by atoms with Gasteiger partial charge in [0.15, 0.2) is 0 Å². The molecule has 0 aliphatic heterocycles. The number of urea groups is 1. The molecule has 0 saturated heterocycles. The van der Waals surface area contributed by atoms with Gasteiger partial charge in [-0.25, -0.2) is 14.0 Å². The summed E-state index contributed by atoms with van der Waals surface area (Å²) in [5.74, 6) is -0.0535. The molecular formula is C13H13FN2O3. The predicted octanol–water partition coefficient (Wildman–Crippen LogP) is 2.01. The van der Waals surface area contributed by atoms with Gasteiger partial charge in [-0.1, -0.05) is 12.0 Å². The van der Waals surface area contributed by atoms with Crippen LogP contribution >= 0.6 is 0 Å². The van der Waals surface area contributed by atoms with E-state index in [-0.39, 0.29) is 12.2 Å². The number of amides is 2. The SMILES string of the molecule is C#CCN(CC)C(=O)Nc1cccc(F)c1C(=O)O. The molecule has 6 heteroatoms. The van der Waals surface area contributed by atoms with E-state index in [0.717, 1.165) is 6.07 Å². The lowest BCUT2D eigenvalue weighted by Gasteiger charge is -2.19. The normalized spacial score (nSPS) is 9.53. The van der Waals surface area contributed by atoms with Gasteiger partial charge in [-0.3, -0.25) is 0 Å². The van der Waals surface area contributed by atoms with Crippen molar-refractivity contribution >= 4 is 17.7 Å². The number of anilines is 1. The molecule has 0 atom stereocenters. The average Bonchev–Trinajstić information content (AvgIpc) is 2.35. The summed E-state index contributed by atoms with van der Waals surface area (Å²) in [5.41, 5.74) is -0.680. The lowest BCUT2D eigenvalue weighted by Crippen LogP contribution is -2.35. The Kier molecular flexibility index (Phi) is 4.89. The van der Waals surface area contributed by atoms with E-state index in [1.165, 1.54) is 17.0 Å².